The van der Waals surface area contributed by atoms with Crippen LogP contribution in [0.2, 0.25) is 5.02 Å². The lowest BCUT2D eigenvalue weighted by Crippen LogP contribution is -2.48. The summed E-state index contributed by atoms with van der Waals surface area (Å²) >= 11 is 6.16. The van der Waals surface area contributed by atoms with E-state index >= 15 is 0 Å². The number of piperidine rings is 1. The molecule has 0 aliphatic carbocycles. The predicted octanol–water partition coefficient (Wildman–Crippen LogP) is 4.85. The fourth-order valence-corrected chi connectivity index (χ4v) is 2.89. The van der Waals surface area contributed by atoms with E-state index in [1.54, 1.807) is 0 Å². The van der Waals surface area contributed by atoms with Gasteiger partial charge in [-0.3, -0.25) is 0 Å². The first-order chi connectivity index (χ1) is 10.8. The van der Waals surface area contributed by atoms with Gasteiger partial charge in [-0.1, -0.05) is 17.7 Å². The minimum absolute atomic E-state index is 0.152. The van der Waals surface area contributed by atoms with Crippen LogP contribution in [0.15, 0.2) is 18.2 Å². The van der Waals surface area contributed by atoms with Crippen LogP contribution in [0.3, 0.4) is 0 Å². The zero-order chi connectivity index (χ0) is 17.0. The van der Waals surface area contributed by atoms with Crippen LogP contribution in [0.4, 0.5) is 10.5 Å². The number of carbonyl (C=O) groups excluding carboxylic acids is 1. The van der Waals surface area contributed by atoms with Gasteiger partial charge in [0.05, 0.1) is 6.04 Å². The summed E-state index contributed by atoms with van der Waals surface area (Å²) < 4.78 is 5.53. The van der Waals surface area contributed by atoms with Crippen LogP contribution in [0, 0.1) is 6.92 Å². The number of likely N-dealkylation sites (tertiary alicyclic amines) is 1. The Balaban J connectivity index is 1.98. The molecule has 1 saturated heterocycles. The minimum atomic E-state index is -0.461. The molecule has 1 aliphatic rings. The number of hydrogen-bond donors (Lipinski definition) is 1. The first-order valence-corrected chi connectivity index (χ1v) is 8.64. The Morgan fingerprint density at radius 3 is 2.78 bits per heavy atom. The van der Waals surface area contributed by atoms with Crippen LogP contribution in [-0.2, 0) is 4.74 Å². The summed E-state index contributed by atoms with van der Waals surface area (Å²) in [5.74, 6) is 0. The van der Waals surface area contributed by atoms with Gasteiger partial charge in [0.2, 0.25) is 0 Å². The van der Waals surface area contributed by atoms with Crippen LogP contribution in [0.5, 0.6) is 0 Å². The van der Waals surface area contributed by atoms with Crippen LogP contribution < -0.4 is 5.32 Å². The summed E-state index contributed by atoms with van der Waals surface area (Å²) in [5.41, 5.74) is 1.58. The van der Waals surface area contributed by atoms with Crippen molar-refractivity contribution in [3.63, 3.8) is 0 Å². The number of aryl methyl sites for hydroxylation is 1. The van der Waals surface area contributed by atoms with E-state index in [0.29, 0.717) is 6.54 Å². The average molecular weight is 339 g/mol. The van der Waals surface area contributed by atoms with E-state index < -0.39 is 5.60 Å². The second-order valence-electron chi connectivity index (χ2n) is 7.17. The first kappa shape index (κ1) is 17.9. The lowest BCUT2D eigenvalue weighted by Gasteiger charge is -2.37. The molecule has 1 heterocycles. The number of carbonyl (C=O) groups is 1. The second kappa shape index (κ2) is 7.43. The van der Waals surface area contributed by atoms with Crippen molar-refractivity contribution in [1.29, 1.82) is 0 Å². The molecule has 0 spiro atoms. The molecular formula is C18H27ClN2O2. The lowest BCUT2D eigenvalue weighted by molar-refractivity contribution is 0.0114. The molecular weight excluding hydrogens is 312 g/mol. The monoisotopic (exact) mass is 338 g/mol. The maximum Gasteiger partial charge on any atom is 0.410 e. The van der Waals surface area contributed by atoms with E-state index in [0.717, 1.165) is 42.1 Å². The number of rotatable bonds is 3. The molecule has 0 bridgehead atoms. The number of nitrogens with zero attached hydrogens (tertiary/aromatic N) is 1. The van der Waals surface area contributed by atoms with E-state index in [4.69, 9.17) is 16.3 Å². The van der Waals surface area contributed by atoms with Crippen LogP contribution in [-0.4, -0.2) is 35.7 Å². The number of amides is 1. The smallest absolute Gasteiger partial charge is 0.410 e. The Bertz CT molecular complexity index is 554. The largest absolute Gasteiger partial charge is 0.444 e. The summed E-state index contributed by atoms with van der Waals surface area (Å²) in [6.45, 7) is 9.15. The quantitative estimate of drug-likeness (QED) is 0.856. The molecule has 0 radical (unpaired) electrons. The Kier molecular flexibility index (Phi) is 5.79. The van der Waals surface area contributed by atoms with Crippen LogP contribution in [0.25, 0.3) is 0 Å². The van der Waals surface area contributed by atoms with Crippen molar-refractivity contribution in [2.75, 3.05) is 18.4 Å². The van der Waals surface area contributed by atoms with Crippen molar-refractivity contribution in [2.45, 2.75) is 58.6 Å². The van der Waals surface area contributed by atoms with Gasteiger partial charge in [0.25, 0.3) is 0 Å². The fraction of sp³-hybridized carbons (Fsp3) is 0.611. The van der Waals surface area contributed by atoms with E-state index in [1.807, 2.05) is 50.8 Å². The van der Waals surface area contributed by atoms with Gasteiger partial charge < -0.3 is 15.0 Å². The maximum absolute atomic E-state index is 12.4. The van der Waals surface area contributed by atoms with Gasteiger partial charge in [-0.2, -0.15) is 0 Å². The Labute approximate surface area is 144 Å². The number of ether oxygens (including phenoxy) is 1. The topological polar surface area (TPSA) is 41.6 Å². The van der Waals surface area contributed by atoms with Gasteiger partial charge in [0, 0.05) is 23.8 Å². The third-order valence-corrected chi connectivity index (χ3v) is 4.38. The third kappa shape index (κ3) is 5.31. The van der Waals surface area contributed by atoms with Crippen LogP contribution >= 0.6 is 11.6 Å². The molecule has 1 aliphatic heterocycles. The van der Waals surface area contributed by atoms with Crippen molar-refractivity contribution >= 4 is 23.4 Å². The normalized spacial score (nSPS) is 18.7. The molecule has 5 heteroatoms. The number of nitrogens with one attached hydrogen (secondary N) is 1. The molecule has 1 aromatic carbocycles. The molecule has 0 aromatic heterocycles. The van der Waals surface area contributed by atoms with Gasteiger partial charge >= 0.3 is 6.09 Å². The van der Waals surface area contributed by atoms with Crippen molar-refractivity contribution in [3.05, 3.63) is 28.8 Å². The fourth-order valence-electron chi connectivity index (χ4n) is 2.71. The summed E-state index contributed by atoms with van der Waals surface area (Å²) in [7, 11) is 0. The number of anilines is 1. The maximum atomic E-state index is 12.4. The molecule has 128 valence electrons. The molecule has 1 aromatic rings. The average Bonchev–Trinajstić information content (AvgIpc) is 2.47. The SMILES string of the molecule is Cc1ccc(NCC2CCCCN2C(=O)OC(C)(C)C)cc1Cl. The molecule has 1 amide bonds. The molecule has 4 nitrogen and oxygen atoms in total. The van der Waals surface area contributed by atoms with Crippen molar-refractivity contribution in [1.82, 2.24) is 4.90 Å². The van der Waals surface area contributed by atoms with Gasteiger partial charge in [-0.05, 0) is 64.7 Å². The minimum Gasteiger partial charge on any atom is -0.444 e. The summed E-state index contributed by atoms with van der Waals surface area (Å²) in [5, 5.41) is 4.15. The highest BCUT2D eigenvalue weighted by Crippen LogP contribution is 2.23. The van der Waals surface area contributed by atoms with Crippen molar-refractivity contribution in [2.24, 2.45) is 0 Å². The van der Waals surface area contributed by atoms with Gasteiger partial charge in [0.1, 0.15) is 5.60 Å². The Hall–Kier alpha value is -1.42. The molecule has 0 saturated carbocycles. The second-order valence-corrected chi connectivity index (χ2v) is 7.58. The zero-order valence-corrected chi connectivity index (χ0v) is 15.2. The van der Waals surface area contributed by atoms with Crippen LogP contribution in [0.1, 0.15) is 45.6 Å². The summed E-state index contributed by atoms with van der Waals surface area (Å²) in [4.78, 5) is 14.2. The van der Waals surface area contributed by atoms with Gasteiger partial charge in [0.15, 0.2) is 0 Å². The van der Waals surface area contributed by atoms with Gasteiger partial charge in [-0.15, -0.1) is 0 Å². The van der Waals surface area contributed by atoms with E-state index in [2.05, 4.69) is 5.32 Å². The summed E-state index contributed by atoms with van der Waals surface area (Å²) in [6, 6.07) is 6.09. The van der Waals surface area contributed by atoms with Crippen molar-refractivity contribution < 1.29 is 9.53 Å². The first-order valence-electron chi connectivity index (χ1n) is 8.26. The Morgan fingerprint density at radius 2 is 2.13 bits per heavy atom. The zero-order valence-electron chi connectivity index (χ0n) is 14.5. The number of halogens is 1. The molecule has 1 fully saturated rings. The van der Waals surface area contributed by atoms with E-state index in [-0.39, 0.29) is 12.1 Å². The van der Waals surface area contributed by atoms with E-state index in [9.17, 15) is 4.79 Å². The lowest BCUT2D eigenvalue weighted by atomic mass is 10.0. The molecule has 2 rings (SSSR count). The third-order valence-electron chi connectivity index (χ3n) is 3.97. The highest BCUT2D eigenvalue weighted by Gasteiger charge is 2.30. The summed E-state index contributed by atoms with van der Waals surface area (Å²) in [6.07, 6.45) is 2.95. The molecule has 23 heavy (non-hydrogen) atoms. The number of benzene rings is 1. The number of hydrogen-bond acceptors (Lipinski definition) is 3. The highest BCUT2D eigenvalue weighted by molar-refractivity contribution is 6.31. The standard InChI is InChI=1S/C18H27ClN2O2/c1-13-8-9-14(11-16(13)19)20-12-15-7-5-6-10-21(15)17(22)23-18(2,3)4/h8-9,11,15,20H,5-7,10,12H2,1-4H3. The molecule has 1 unspecified atom stereocenters. The molecule has 1 atom stereocenters. The van der Waals surface area contributed by atoms with E-state index in [1.165, 1.54) is 0 Å². The highest BCUT2D eigenvalue weighted by atomic mass is 35.5. The molecule has 1 N–H and O–H groups in total. The Morgan fingerprint density at radius 1 is 1.39 bits per heavy atom. The van der Waals surface area contributed by atoms with Crippen molar-refractivity contribution in [3.8, 4) is 0 Å². The van der Waals surface area contributed by atoms with Gasteiger partial charge in [-0.25, -0.2) is 4.79 Å². The predicted molar refractivity (Wildman–Crippen MR) is 95.3 cm³/mol.